The van der Waals surface area contributed by atoms with E-state index < -0.39 is 4.92 Å². The monoisotopic (exact) mass is 433 g/mol. The van der Waals surface area contributed by atoms with E-state index in [-0.39, 0.29) is 22.9 Å². The number of nitrogens with zero attached hydrogens (tertiary/aromatic N) is 5. The molecule has 1 aromatic heterocycles. The second kappa shape index (κ2) is 9.01. The van der Waals surface area contributed by atoms with Gasteiger partial charge in [-0.1, -0.05) is 18.2 Å². The number of non-ortho nitro benzene ring substituents is 1. The number of aromatic nitrogens is 2. The van der Waals surface area contributed by atoms with Crippen molar-refractivity contribution in [2.75, 3.05) is 31.1 Å². The lowest BCUT2D eigenvalue weighted by Crippen LogP contribution is -2.49. The quantitative estimate of drug-likeness (QED) is 0.446. The van der Waals surface area contributed by atoms with Crippen molar-refractivity contribution in [2.45, 2.75) is 13.8 Å². The fourth-order valence-electron chi connectivity index (χ4n) is 3.67. The lowest BCUT2D eigenvalue weighted by Gasteiger charge is -2.35. The highest BCUT2D eigenvalue weighted by atomic mass is 16.6. The number of benzene rings is 2. The molecule has 1 aliphatic heterocycles. The molecule has 0 bridgehead atoms. The molecule has 1 saturated heterocycles. The zero-order chi connectivity index (χ0) is 22.7. The fraction of sp³-hybridized carbons (Fsp3) is 0.261. The van der Waals surface area contributed by atoms with Crippen LogP contribution in [-0.4, -0.2) is 51.9 Å². The van der Waals surface area contributed by atoms with Gasteiger partial charge in [0.1, 0.15) is 23.1 Å². The van der Waals surface area contributed by atoms with Gasteiger partial charge in [0.15, 0.2) is 0 Å². The molecule has 3 aromatic rings. The number of ether oxygens (including phenoxy) is 1. The molecule has 2 aromatic carbocycles. The zero-order valence-electron chi connectivity index (χ0n) is 17.9. The van der Waals surface area contributed by atoms with E-state index in [9.17, 15) is 14.9 Å². The van der Waals surface area contributed by atoms with Crippen molar-refractivity contribution in [3.05, 3.63) is 81.8 Å². The molecule has 0 spiro atoms. The van der Waals surface area contributed by atoms with Crippen LogP contribution in [0.15, 0.2) is 54.6 Å². The molecule has 1 amide bonds. The van der Waals surface area contributed by atoms with Crippen LogP contribution in [0.5, 0.6) is 11.5 Å². The predicted molar refractivity (Wildman–Crippen MR) is 119 cm³/mol. The van der Waals surface area contributed by atoms with Crippen LogP contribution in [-0.2, 0) is 0 Å². The molecule has 0 saturated carbocycles. The van der Waals surface area contributed by atoms with Crippen LogP contribution in [0.25, 0.3) is 0 Å². The number of nitro groups is 1. The fourth-order valence-corrected chi connectivity index (χ4v) is 3.67. The second-order valence-electron chi connectivity index (χ2n) is 7.55. The smallest absolute Gasteiger partial charge is 0.270 e. The molecule has 9 nitrogen and oxygen atoms in total. The SMILES string of the molecule is Cc1cc(N2CCN(C(=O)c3cc([N+](=O)[O-])ccc3Oc3ccccc3)CC2)nc(C)n1. The highest BCUT2D eigenvalue weighted by Gasteiger charge is 2.27. The molecule has 164 valence electrons. The van der Waals surface area contributed by atoms with Gasteiger partial charge in [-0.2, -0.15) is 0 Å². The third-order valence-corrected chi connectivity index (χ3v) is 5.22. The third kappa shape index (κ3) is 4.66. The molecule has 0 N–H and O–H groups in total. The average molecular weight is 433 g/mol. The summed E-state index contributed by atoms with van der Waals surface area (Å²) in [5, 5.41) is 11.3. The Hall–Kier alpha value is -4.01. The molecule has 9 heteroatoms. The molecular formula is C23H23N5O4. The molecule has 0 unspecified atom stereocenters. The van der Waals surface area contributed by atoms with Gasteiger partial charge >= 0.3 is 0 Å². The Bertz CT molecular complexity index is 1120. The number of amides is 1. The minimum Gasteiger partial charge on any atom is -0.457 e. The minimum atomic E-state index is -0.513. The Morgan fingerprint density at radius 3 is 2.38 bits per heavy atom. The molecule has 0 atom stereocenters. The summed E-state index contributed by atoms with van der Waals surface area (Å²) in [4.78, 5) is 36.7. The number of anilines is 1. The highest BCUT2D eigenvalue weighted by Crippen LogP contribution is 2.30. The topological polar surface area (TPSA) is 102 Å². The number of para-hydroxylation sites is 1. The molecule has 2 heterocycles. The summed E-state index contributed by atoms with van der Waals surface area (Å²) in [6.45, 7) is 5.92. The summed E-state index contributed by atoms with van der Waals surface area (Å²) in [5.41, 5.74) is 0.912. The van der Waals surface area contributed by atoms with Crippen molar-refractivity contribution in [1.82, 2.24) is 14.9 Å². The first-order chi connectivity index (χ1) is 15.4. The number of hydrogen-bond donors (Lipinski definition) is 0. The number of carbonyl (C=O) groups is 1. The second-order valence-corrected chi connectivity index (χ2v) is 7.55. The Morgan fingerprint density at radius 1 is 1.00 bits per heavy atom. The number of nitro benzene ring substituents is 1. The number of aryl methyl sites for hydroxylation is 2. The molecule has 0 aliphatic carbocycles. The van der Waals surface area contributed by atoms with Crippen molar-refractivity contribution in [3.8, 4) is 11.5 Å². The van der Waals surface area contributed by atoms with E-state index in [4.69, 9.17) is 4.74 Å². The Balaban J connectivity index is 1.54. The largest absolute Gasteiger partial charge is 0.457 e. The number of carbonyl (C=O) groups excluding carboxylic acids is 1. The Kier molecular flexibility index (Phi) is 5.98. The van der Waals surface area contributed by atoms with Crippen LogP contribution in [0.1, 0.15) is 21.9 Å². The van der Waals surface area contributed by atoms with Crippen molar-refractivity contribution in [3.63, 3.8) is 0 Å². The van der Waals surface area contributed by atoms with Crippen LogP contribution in [0.3, 0.4) is 0 Å². The summed E-state index contributed by atoms with van der Waals surface area (Å²) in [7, 11) is 0. The molecule has 4 rings (SSSR count). The minimum absolute atomic E-state index is 0.153. The van der Waals surface area contributed by atoms with Crippen molar-refractivity contribution in [2.24, 2.45) is 0 Å². The molecular weight excluding hydrogens is 410 g/mol. The van der Waals surface area contributed by atoms with Gasteiger partial charge in [0.25, 0.3) is 11.6 Å². The van der Waals surface area contributed by atoms with Crippen LogP contribution in [0.2, 0.25) is 0 Å². The van der Waals surface area contributed by atoms with Gasteiger partial charge in [0, 0.05) is 50.1 Å². The van der Waals surface area contributed by atoms with E-state index >= 15 is 0 Å². The molecule has 0 radical (unpaired) electrons. The maximum atomic E-state index is 13.3. The Labute approximate surface area is 185 Å². The number of piperazine rings is 1. The summed E-state index contributed by atoms with van der Waals surface area (Å²) in [5.74, 6) is 2.09. The van der Waals surface area contributed by atoms with Gasteiger partial charge in [-0.15, -0.1) is 0 Å². The van der Waals surface area contributed by atoms with Crippen molar-refractivity contribution in [1.29, 1.82) is 0 Å². The van der Waals surface area contributed by atoms with E-state index in [1.54, 1.807) is 17.0 Å². The van der Waals surface area contributed by atoms with Gasteiger partial charge in [-0.25, -0.2) is 9.97 Å². The average Bonchev–Trinajstić information content (AvgIpc) is 2.79. The zero-order valence-corrected chi connectivity index (χ0v) is 17.9. The van der Waals surface area contributed by atoms with Crippen molar-refractivity contribution >= 4 is 17.4 Å². The number of hydrogen-bond acceptors (Lipinski definition) is 7. The molecule has 1 fully saturated rings. The molecule has 32 heavy (non-hydrogen) atoms. The normalized spacial score (nSPS) is 13.7. The van der Waals surface area contributed by atoms with Gasteiger partial charge in [0.2, 0.25) is 0 Å². The van der Waals surface area contributed by atoms with Crippen LogP contribution >= 0.6 is 0 Å². The summed E-state index contributed by atoms with van der Waals surface area (Å²) in [6, 6.07) is 15.0. The first-order valence-electron chi connectivity index (χ1n) is 10.3. The first-order valence-corrected chi connectivity index (χ1v) is 10.3. The lowest BCUT2D eigenvalue weighted by molar-refractivity contribution is -0.384. The van der Waals surface area contributed by atoms with Gasteiger partial charge in [0.05, 0.1) is 10.5 Å². The first kappa shape index (κ1) is 21.2. The summed E-state index contributed by atoms with van der Waals surface area (Å²) < 4.78 is 5.88. The van der Waals surface area contributed by atoms with Gasteiger partial charge in [-0.3, -0.25) is 14.9 Å². The molecule has 1 aliphatic rings. The van der Waals surface area contributed by atoms with Crippen LogP contribution in [0.4, 0.5) is 11.5 Å². The van der Waals surface area contributed by atoms with E-state index in [1.807, 2.05) is 38.1 Å². The Morgan fingerprint density at radius 2 is 1.72 bits per heavy atom. The standard InChI is InChI=1S/C23H23N5O4/c1-16-14-22(25-17(2)24-16)26-10-12-27(13-11-26)23(29)20-15-18(28(30)31)8-9-21(20)32-19-6-4-3-5-7-19/h3-9,14-15H,10-13H2,1-2H3. The van der Waals surface area contributed by atoms with Crippen LogP contribution < -0.4 is 9.64 Å². The van der Waals surface area contributed by atoms with Gasteiger partial charge < -0.3 is 14.5 Å². The van der Waals surface area contributed by atoms with Crippen LogP contribution in [0, 0.1) is 24.0 Å². The maximum absolute atomic E-state index is 13.3. The van der Waals surface area contributed by atoms with E-state index in [0.717, 1.165) is 11.5 Å². The van der Waals surface area contributed by atoms with Crippen molar-refractivity contribution < 1.29 is 14.5 Å². The van der Waals surface area contributed by atoms with Gasteiger partial charge in [-0.05, 0) is 32.0 Å². The summed E-state index contributed by atoms with van der Waals surface area (Å²) >= 11 is 0. The summed E-state index contributed by atoms with van der Waals surface area (Å²) in [6.07, 6.45) is 0. The lowest BCUT2D eigenvalue weighted by atomic mass is 10.1. The van der Waals surface area contributed by atoms with E-state index in [2.05, 4.69) is 14.9 Å². The van der Waals surface area contributed by atoms with E-state index in [1.165, 1.54) is 18.2 Å². The van der Waals surface area contributed by atoms with E-state index in [0.29, 0.717) is 37.8 Å². The number of rotatable bonds is 5. The maximum Gasteiger partial charge on any atom is 0.270 e. The third-order valence-electron chi connectivity index (χ3n) is 5.22. The predicted octanol–water partition coefficient (Wildman–Crippen LogP) is 3.76. The highest BCUT2D eigenvalue weighted by molar-refractivity contribution is 5.98.